The molecule has 0 amide bonds. The molecule has 4 atom stereocenters. The van der Waals surface area contributed by atoms with Crippen LogP contribution in [0.1, 0.15) is 62.3 Å². The molecule has 0 spiro atoms. The number of hydrogen-bond donors (Lipinski definition) is 1. The van der Waals surface area contributed by atoms with Crippen LogP contribution in [-0.4, -0.2) is 66.9 Å². The van der Waals surface area contributed by atoms with E-state index in [9.17, 15) is 0 Å². The Hall–Kier alpha value is -0.799. The highest BCUT2D eigenvalue weighted by molar-refractivity contribution is 6.75. The predicted molar refractivity (Wildman–Crippen MR) is 169 cm³/mol. The van der Waals surface area contributed by atoms with Crippen LogP contribution >= 0.6 is 0 Å². The second kappa shape index (κ2) is 11.5. The summed E-state index contributed by atoms with van der Waals surface area (Å²) in [7, 11) is -6.49. The Morgan fingerprint density at radius 1 is 0.846 bits per heavy atom. The van der Waals surface area contributed by atoms with Crippen molar-refractivity contribution in [3.05, 3.63) is 24.7 Å². The first-order valence-electron chi connectivity index (χ1n) is 14.1. The maximum Gasteiger partial charge on any atom is 0.240 e. The lowest BCUT2D eigenvalue weighted by molar-refractivity contribution is -0.0656. The van der Waals surface area contributed by atoms with E-state index in [-0.39, 0.29) is 33.4 Å². The molecule has 0 aromatic heterocycles. The molecule has 2 heterocycles. The van der Waals surface area contributed by atoms with Gasteiger partial charge in [0.2, 0.25) is 5.90 Å². The number of hydrogen-bond acceptors (Lipinski definition) is 8. The summed E-state index contributed by atoms with van der Waals surface area (Å²) < 4.78 is 27.9. The minimum atomic E-state index is -2.24. The van der Waals surface area contributed by atoms with Gasteiger partial charge < -0.3 is 27.8 Å². The molecule has 0 aliphatic carbocycles. The lowest BCUT2D eigenvalue weighted by Crippen LogP contribution is -2.56. The Morgan fingerprint density at radius 2 is 1.31 bits per heavy atom. The fourth-order valence-electron chi connectivity index (χ4n) is 3.62. The highest BCUT2D eigenvalue weighted by atomic mass is 28.4. The minimum Gasteiger partial charge on any atom is -0.414 e. The monoisotopic (exact) mass is 599 g/mol. The summed E-state index contributed by atoms with van der Waals surface area (Å²) in [5.41, 5.74) is 0. The van der Waals surface area contributed by atoms with Gasteiger partial charge in [0.25, 0.3) is 0 Å². The minimum absolute atomic E-state index is 0.00224. The quantitative estimate of drug-likeness (QED) is 0.235. The van der Waals surface area contributed by atoms with Crippen LogP contribution in [0.2, 0.25) is 54.4 Å². The first-order valence-corrected chi connectivity index (χ1v) is 22.8. The average molecular weight is 600 g/mol. The molecule has 0 aromatic carbocycles. The van der Waals surface area contributed by atoms with Crippen LogP contribution in [0.4, 0.5) is 0 Å². The van der Waals surface area contributed by atoms with Gasteiger partial charge in [-0.15, -0.1) is 0 Å². The van der Waals surface area contributed by atoms with Crippen molar-refractivity contribution in [3.63, 3.8) is 0 Å². The van der Waals surface area contributed by atoms with Gasteiger partial charge in [0, 0.05) is 12.3 Å². The van der Waals surface area contributed by atoms with Gasteiger partial charge in [0.1, 0.15) is 24.1 Å². The van der Waals surface area contributed by atoms with Crippen LogP contribution in [-0.2, 0) is 22.9 Å². The SMILES string of the molecule is C=C1N=C(ON)C=CN1[C@@H]1O[C@H](CO[Si](C)(C)C(C)(C)C)C(O[Si](C)(C)C(C)(C)C)[C@@H]1O[Si](C)(C)C(C)(C)C. The number of ether oxygens (including phenoxy) is 1. The summed E-state index contributed by atoms with van der Waals surface area (Å²) in [5.74, 6) is 6.14. The van der Waals surface area contributed by atoms with Crippen molar-refractivity contribution >= 4 is 30.8 Å². The molecule has 2 aliphatic rings. The molecular formula is C28H57N3O5Si3. The third kappa shape index (κ3) is 7.73. The topological polar surface area (TPSA) is 87.8 Å². The Balaban J connectivity index is 2.59. The van der Waals surface area contributed by atoms with E-state index in [1.54, 1.807) is 6.08 Å². The summed E-state index contributed by atoms with van der Waals surface area (Å²) in [5, 5.41) is 0.0983. The zero-order valence-corrected chi connectivity index (χ0v) is 30.4. The molecule has 0 bridgehead atoms. The van der Waals surface area contributed by atoms with Crippen LogP contribution in [0.25, 0.3) is 0 Å². The van der Waals surface area contributed by atoms with E-state index in [1.807, 2.05) is 11.1 Å². The molecule has 11 heteroatoms. The van der Waals surface area contributed by atoms with Gasteiger partial charge in [-0.05, 0) is 54.4 Å². The maximum atomic E-state index is 7.18. The van der Waals surface area contributed by atoms with Crippen LogP contribution in [0.15, 0.2) is 29.7 Å². The highest BCUT2D eigenvalue weighted by Crippen LogP contribution is 2.45. The Morgan fingerprint density at radius 3 is 1.72 bits per heavy atom. The molecule has 1 saturated heterocycles. The third-order valence-electron chi connectivity index (χ3n) is 9.48. The molecule has 1 unspecified atom stereocenters. The van der Waals surface area contributed by atoms with Crippen molar-refractivity contribution in [1.82, 2.24) is 4.90 Å². The largest absolute Gasteiger partial charge is 0.414 e. The molecule has 8 nitrogen and oxygen atoms in total. The summed E-state index contributed by atoms with van der Waals surface area (Å²) in [4.78, 5) is 11.2. The molecule has 2 rings (SSSR count). The average Bonchev–Trinajstić information content (AvgIpc) is 3.05. The van der Waals surface area contributed by atoms with E-state index < -0.39 is 31.2 Å². The van der Waals surface area contributed by atoms with Crippen molar-refractivity contribution < 1.29 is 22.9 Å². The first kappa shape index (κ1) is 34.4. The summed E-state index contributed by atoms with van der Waals surface area (Å²) >= 11 is 0. The maximum absolute atomic E-state index is 7.18. The van der Waals surface area contributed by atoms with Crippen LogP contribution in [0.5, 0.6) is 0 Å². The zero-order valence-electron chi connectivity index (χ0n) is 27.4. The van der Waals surface area contributed by atoms with Crippen molar-refractivity contribution in [2.45, 2.75) is 141 Å². The number of nitrogens with two attached hydrogens (primary N) is 1. The van der Waals surface area contributed by atoms with Gasteiger partial charge in [0.05, 0.1) is 6.61 Å². The summed E-state index contributed by atoms with van der Waals surface area (Å²) in [6, 6.07) is 0. The van der Waals surface area contributed by atoms with Crippen LogP contribution in [0.3, 0.4) is 0 Å². The molecular weight excluding hydrogens is 543 g/mol. The summed E-state index contributed by atoms with van der Waals surface area (Å²) in [6.07, 6.45) is 2.08. The number of nitrogens with zero attached hydrogens (tertiary/aromatic N) is 2. The number of rotatable bonds is 8. The third-order valence-corrected chi connectivity index (χ3v) is 22.9. The predicted octanol–water partition coefficient (Wildman–Crippen LogP) is 7.10. The molecule has 226 valence electrons. The lowest BCUT2D eigenvalue weighted by Gasteiger charge is -2.45. The second-order valence-corrected chi connectivity index (χ2v) is 29.9. The van der Waals surface area contributed by atoms with Crippen molar-refractivity contribution in [2.24, 2.45) is 10.9 Å². The fourth-order valence-corrected chi connectivity index (χ4v) is 7.24. The van der Waals surface area contributed by atoms with E-state index in [2.05, 4.69) is 113 Å². The van der Waals surface area contributed by atoms with Crippen LogP contribution < -0.4 is 5.90 Å². The first-order chi connectivity index (χ1) is 17.3. The zero-order chi connectivity index (χ0) is 30.4. The molecule has 0 radical (unpaired) electrons. The molecule has 1 fully saturated rings. The molecule has 2 N–H and O–H groups in total. The number of aliphatic imine (C=N–C) groups is 1. The highest BCUT2D eigenvalue weighted by Gasteiger charge is 2.56. The van der Waals surface area contributed by atoms with Gasteiger partial charge in [-0.1, -0.05) is 68.9 Å². The fraction of sp³-hybridized carbons (Fsp3) is 0.821. The molecule has 0 saturated carbocycles. The molecule has 39 heavy (non-hydrogen) atoms. The normalized spacial score (nSPS) is 25.8. The Kier molecular flexibility index (Phi) is 10.1. The van der Waals surface area contributed by atoms with Crippen molar-refractivity contribution in [3.8, 4) is 0 Å². The smallest absolute Gasteiger partial charge is 0.240 e. The van der Waals surface area contributed by atoms with Gasteiger partial charge >= 0.3 is 0 Å². The van der Waals surface area contributed by atoms with Gasteiger partial charge in [0.15, 0.2) is 31.2 Å². The van der Waals surface area contributed by atoms with E-state index in [0.29, 0.717) is 18.3 Å². The molecule has 0 aromatic rings. The van der Waals surface area contributed by atoms with E-state index in [1.165, 1.54) is 0 Å². The Bertz CT molecular complexity index is 946. The second-order valence-electron chi connectivity index (χ2n) is 15.5. The van der Waals surface area contributed by atoms with Gasteiger partial charge in [-0.3, -0.25) is 0 Å². The van der Waals surface area contributed by atoms with E-state index in [0.717, 1.165) is 0 Å². The van der Waals surface area contributed by atoms with Gasteiger partial charge in [-0.2, -0.15) is 10.9 Å². The standard InChI is InChI=1S/C28H57N3O5Si3/c1-20-30-22(34-29)17-18-31(20)25-24(36-39(15,16)28(8,9)10)23(35-38(13,14)27(5,6)7)21(33-25)19-32-37(11,12)26(2,3)4/h17-18,21,23-25H,1,19,29H2,2-16H3/t21-,23?,24+,25-/m1/s1. The van der Waals surface area contributed by atoms with E-state index >= 15 is 0 Å². The molecule has 2 aliphatic heterocycles. The Labute approximate surface area is 241 Å². The van der Waals surface area contributed by atoms with Gasteiger partial charge in [-0.25, -0.2) is 0 Å². The van der Waals surface area contributed by atoms with Crippen molar-refractivity contribution in [2.75, 3.05) is 6.61 Å². The summed E-state index contributed by atoms with van der Waals surface area (Å²) in [6.45, 7) is 38.5. The van der Waals surface area contributed by atoms with E-state index in [4.69, 9.17) is 28.7 Å². The van der Waals surface area contributed by atoms with Crippen LogP contribution in [0, 0.1) is 0 Å². The lowest BCUT2D eigenvalue weighted by atomic mass is 10.1. The van der Waals surface area contributed by atoms with Crippen molar-refractivity contribution in [1.29, 1.82) is 0 Å².